The molecule has 1 spiro atoms. The number of nitrogens with one attached hydrogen (secondary N) is 2. The van der Waals surface area contributed by atoms with Crippen molar-refractivity contribution >= 4 is 35.0 Å². The molecule has 2 saturated heterocycles. The largest absolute Gasteiger partial charge is 0.324 e. The SMILES string of the molecule is O=C1[C@@H]2[C@@H](C(=O)N1CCc1ccccc1)[C@@]1(N[C@@H]2Cc2ccccc2)C(=O)Nc2ccc(Cl)cc21. The van der Waals surface area contributed by atoms with Crippen molar-refractivity contribution in [2.24, 2.45) is 11.8 Å². The predicted molar refractivity (Wildman–Crippen MR) is 133 cm³/mol. The monoisotopic (exact) mass is 485 g/mol. The molecule has 2 N–H and O–H groups in total. The van der Waals surface area contributed by atoms with Crippen LogP contribution >= 0.6 is 11.6 Å². The fourth-order valence-corrected chi connectivity index (χ4v) is 6.15. The van der Waals surface area contributed by atoms with Crippen LogP contribution in [0.25, 0.3) is 0 Å². The van der Waals surface area contributed by atoms with Gasteiger partial charge in [0, 0.05) is 28.9 Å². The van der Waals surface area contributed by atoms with Gasteiger partial charge in [-0.1, -0.05) is 72.3 Å². The first kappa shape index (κ1) is 22.0. The molecule has 0 aliphatic carbocycles. The lowest BCUT2D eigenvalue weighted by Crippen LogP contribution is -2.53. The van der Waals surface area contributed by atoms with Gasteiger partial charge in [-0.15, -0.1) is 0 Å². The second kappa shape index (κ2) is 8.33. The summed E-state index contributed by atoms with van der Waals surface area (Å²) in [5.74, 6) is -2.31. The van der Waals surface area contributed by atoms with Crippen LogP contribution in [0, 0.1) is 11.8 Å². The summed E-state index contributed by atoms with van der Waals surface area (Å²) in [5, 5.41) is 6.86. The Hall–Kier alpha value is -3.48. The van der Waals surface area contributed by atoms with Crippen molar-refractivity contribution in [2.75, 3.05) is 11.9 Å². The van der Waals surface area contributed by atoms with Crippen LogP contribution in [0.2, 0.25) is 5.02 Å². The second-order valence-electron chi connectivity index (χ2n) is 9.46. The van der Waals surface area contributed by atoms with Gasteiger partial charge in [-0.2, -0.15) is 0 Å². The molecule has 3 aromatic rings. The molecule has 3 aliphatic heterocycles. The maximum atomic E-state index is 13.9. The summed E-state index contributed by atoms with van der Waals surface area (Å²) in [7, 11) is 0. The van der Waals surface area contributed by atoms with Gasteiger partial charge in [-0.05, 0) is 42.2 Å². The molecule has 4 atom stereocenters. The first-order valence-electron chi connectivity index (χ1n) is 11.8. The summed E-state index contributed by atoms with van der Waals surface area (Å²) in [6.45, 7) is 0.285. The zero-order valence-corrected chi connectivity index (χ0v) is 19.7. The molecular formula is C28H24ClN3O3. The Morgan fingerprint density at radius 1 is 0.857 bits per heavy atom. The molecule has 3 heterocycles. The maximum Gasteiger partial charge on any atom is 0.250 e. The minimum atomic E-state index is -1.33. The van der Waals surface area contributed by atoms with Crippen LogP contribution in [-0.4, -0.2) is 35.2 Å². The zero-order valence-electron chi connectivity index (χ0n) is 18.9. The zero-order chi connectivity index (χ0) is 24.2. The smallest absolute Gasteiger partial charge is 0.250 e. The number of carbonyl (C=O) groups excluding carboxylic acids is 3. The van der Waals surface area contributed by atoms with E-state index in [2.05, 4.69) is 10.6 Å². The Balaban J connectivity index is 1.41. The number of anilines is 1. The first-order chi connectivity index (χ1) is 17.0. The Labute approximate surface area is 208 Å². The third-order valence-corrected chi connectivity index (χ3v) is 7.77. The summed E-state index contributed by atoms with van der Waals surface area (Å²) < 4.78 is 0. The number of halogens is 1. The van der Waals surface area contributed by atoms with Gasteiger partial charge >= 0.3 is 0 Å². The molecule has 6 rings (SSSR count). The highest BCUT2D eigenvalue weighted by atomic mass is 35.5. The highest BCUT2D eigenvalue weighted by molar-refractivity contribution is 6.31. The van der Waals surface area contributed by atoms with Gasteiger partial charge in [0.05, 0.1) is 11.8 Å². The molecule has 0 aromatic heterocycles. The van der Waals surface area contributed by atoms with Crippen molar-refractivity contribution in [3.63, 3.8) is 0 Å². The number of fused-ring (bicyclic) bond motifs is 4. The van der Waals surface area contributed by atoms with Gasteiger partial charge in [0.1, 0.15) is 5.54 Å². The first-order valence-corrected chi connectivity index (χ1v) is 12.2. The molecule has 6 nitrogen and oxygen atoms in total. The van der Waals surface area contributed by atoms with Crippen LogP contribution in [0.3, 0.4) is 0 Å². The number of benzene rings is 3. The Morgan fingerprint density at radius 3 is 2.26 bits per heavy atom. The number of imide groups is 1. The van der Waals surface area contributed by atoms with Crippen molar-refractivity contribution in [1.82, 2.24) is 10.2 Å². The average Bonchev–Trinajstić information content (AvgIpc) is 3.44. The number of hydrogen-bond donors (Lipinski definition) is 2. The molecule has 3 aliphatic rings. The van der Waals surface area contributed by atoms with Gasteiger partial charge in [-0.25, -0.2) is 0 Å². The summed E-state index contributed by atoms with van der Waals surface area (Å²) in [6, 6.07) is 24.4. The summed E-state index contributed by atoms with van der Waals surface area (Å²) in [4.78, 5) is 42.5. The van der Waals surface area contributed by atoms with Gasteiger partial charge in [-0.3, -0.25) is 24.6 Å². The highest BCUT2D eigenvalue weighted by Gasteiger charge is 2.70. The van der Waals surface area contributed by atoms with Crippen molar-refractivity contribution in [1.29, 1.82) is 0 Å². The number of rotatable bonds is 5. The molecular weight excluding hydrogens is 462 g/mol. The van der Waals surface area contributed by atoms with E-state index in [0.29, 0.717) is 29.1 Å². The number of carbonyl (C=O) groups is 3. The molecule has 3 aromatic carbocycles. The van der Waals surface area contributed by atoms with Crippen LogP contribution in [0.15, 0.2) is 78.9 Å². The topological polar surface area (TPSA) is 78.5 Å². The summed E-state index contributed by atoms with van der Waals surface area (Å²) in [5.41, 5.74) is 2.00. The van der Waals surface area contributed by atoms with E-state index in [1.54, 1.807) is 18.2 Å². The predicted octanol–water partition coefficient (Wildman–Crippen LogP) is 3.55. The van der Waals surface area contributed by atoms with Crippen molar-refractivity contribution in [3.8, 4) is 0 Å². The van der Waals surface area contributed by atoms with Crippen molar-refractivity contribution in [2.45, 2.75) is 24.4 Å². The Morgan fingerprint density at radius 2 is 1.54 bits per heavy atom. The van der Waals surface area contributed by atoms with Crippen LogP contribution in [0.4, 0.5) is 5.69 Å². The third kappa shape index (κ3) is 3.39. The molecule has 7 heteroatoms. The molecule has 0 radical (unpaired) electrons. The van der Waals surface area contributed by atoms with E-state index in [9.17, 15) is 14.4 Å². The molecule has 0 saturated carbocycles. The Kier molecular flexibility index (Phi) is 5.24. The Bertz CT molecular complexity index is 1330. The minimum absolute atomic E-state index is 0.218. The fraction of sp³-hybridized carbons (Fsp3) is 0.250. The third-order valence-electron chi connectivity index (χ3n) is 7.53. The van der Waals surface area contributed by atoms with Gasteiger partial charge < -0.3 is 5.32 Å². The van der Waals surface area contributed by atoms with Crippen LogP contribution < -0.4 is 10.6 Å². The lowest BCUT2D eigenvalue weighted by atomic mass is 9.76. The van der Waals surface area contributed by atoms with Crippen LogP contribution in [0.5, 0.6) is 0 Å². The normalized spacial score (nSPS) is 26.8. The summed E-state index contributed by atoms with van der Waals surface area (Å²) in [6.07, 6.45) is 1.09. The van der Waals surface area contributed by atoms with E-state index in [1.807, 2.05) is 60.7 Å². The van der Waals surface area contributed by atoms with Crippen LogP contribution in [0.1, 0.15) is 16.7 Å². The molecule has 0 bridgehead atoms. The number of nitrogens with zero attached hydrogens (tertiary/aromatic N) is 1. The second-order valence-corrected chi connectivity index (χ2v) is 9.90. The van der Waals surface area contributed by atoms with E-state index < -0.39 is 17.4 Å². The van der Waals surface area contributed by atoms with Gasteiger partial charge in [0.25, 0.3) is 0 Å². The number of hydrogen-bond acceptors (Lipinski definition) is 4. The number of likely N-dealkylation sites (tertiary alicyclic amines) is 1. The quantitative estimate of drug-likeness (QED) is 0.542. The van der Waals surface area contributed by atoms with Crippen LogP contribution in [-0.2, 0) is 32.8 Å². The summed E-state index contributed by atoms with van der Waals surface area (Å²) >= 11 is 6.32. The fourth-order valence-electron chi connectivity index (χ4n) is 5.98. The molecule has 0 unspecified atom stereocenters. The highest BCUT2D eigenvalue weighted by Crippen LogP contribution is 2.53. The van der Waals surface area contributed by atoms with E-state index in [4.69, 9.17) is 11.6 Å². The van der Waals surface area contributed by atoms with Gasteiger partial charge in [0.2, 0.25) is 17.7 Å². The van der Waals surface area contributed by atoms with E-state index >= 15 is 0 Å². The lowest BCUT2D eigenvalue weighted by molar-refractivity contribution is -0.142. The van der Waals surface area contributed by atoms with Crippen molar-refractivity contribution in [3.05, 3.63) is 101 Å². The lowest BCUT2D eigenvalue weighted by Gasteiger charge is -2.29. The molecule has 35 heavy (non-hydrogen) atoms. The van der Waals surface area contributed by atoms with Gasteiger partial charge in [0.15, 0.2) is 0 Å². The van der Waals surface area contributed by atoms with E-state index in [1.165, 1.54) is 4.90 Å². The molecule has 176 valence electrons. The number of amides is 3. The standard InChI is InChI=1S/C28H24ClN3O3/c29-19-11-12-21-20(16-19)28(27(35)30-21)24-23(22(31-28)15-18-9-5-2-6-10-18)25(33)32(26(24)34)14-13-17-7-3-1-4-8-17/h1-12,16,22-24,31H,13-15H2,(H,30,35)/t22-,23+,24+,28-/m1/s1. The maximum absolute atomic E-state index is 13.9. The van der Waals surface area contributed by atoms with E-state index in [-0.39, 0.29) is 30.3 Å². The minimum Gasteiger partial charge on any atom is -0.324 e. The molecule has 3 amide bonds. The average molecular weight is 486 g/mol. The van der Waals surface area contributed by atoms with Crippen molar-refractivity contribution < 1.29 is 14.4 Å². The molecule has 2 fully saturated rings. The van der Waals surface area contributed by atoms with E-state index in [0.717, 1.165) is 11.1 Å².